The molecule has 2 rings (SSSR count). The van der Waals surface area contributed by atoms with Crippen molar-refractivity contribution >= 4 is 5.91 Å². The van der Waals surface area contributed by atoms with Gasteiger partial charge in [0.1, 0.15) is 0 Å². The van der Waals surface area contributed by atoms with Gasteiger partial charge in [-0.05, 0) is 30.5 Å². The maximum Gasteiger partial charge on any atom is 0.220 e. The van der Waals surface area contributed by atoms with Gasteiger partial charge in [0.05, 0.1) is 0 Å². The molecule has 0 bridgehead atoms. The average Bonchev–Trinajstić information content (AvgIpc) is 2.89. The largest absolute Gasteiger partial charge is 0.367 e. The van der Waals surface area contributed by atoms with Crippen molar-refractivity contribution in [2.75, 3.05) is 0 Å². The lowest BCUT2D eigenvalue weighted by atomic mass is 10.1. The summed E-state index contributed by atoms with van der Waals surface area (Å²) in [7, 11) is 0. The van der Waals surface area contributed by atoms with Gasteiger partial charge >= 0.3 is 0 Å². The number of benzene rings is 1. The van der Waals surface area contributed by atoms with E-state index < -0.39 is 0 Å². The van der Waals surface area contributed by atoms with Crippen LogP contribution in [0, 0.1) is 6.92 Å². The summed E-state index contributed by atoms with van der Waals surface area (Å²) in [5, 5.41) is 2.91. The smallest absolute Gasteiger partial charge is 0.220 e. The quantitative estimate of drug-likeness (QED) is 0.831. The van der Waals surface area contributed by atoms with Crippen molar-refractivity contribution in [3.63, 3.8) is 0 Å². The van der Waals surface area contributed by atoms with E-state index in [1.165, 1.54) is 11.1 Å². The molecule has 1 heterocycles. The molecule has 18 heavy (non-hydrogen) atoms. The number of nitrogens with one attached hydrogen (secondary N) is 2. The van der Waals surface area contributed by atoms with Gasteiger partial charge in [0.2, 0.25) is 5.91 Å². The number of aryl methyl sites for hydroxylation is 2. The van der Waals surface area contributed by atoms with Crippen molar-refractivity contribution in [1.82, 2.24) is 10.3 Å². The van der Waals surface area contributed by atoms with Crippen molar-refractivity contribution in [3.8, 4) is 0 Å². The number of hydrogen-bond acceptors (Lipinski definition) is 1. The second-order valence-electron chi connectivity index (χ2n) is 4.48. The number of carbonyl (C=O) groups is 1. The third-order valence-corrected chi connectivity index (χ3v) is 2.91. The summed E-state index contributed by atoms with van der Waals surface area (Å²) < 4.78 is 0. The van der Waals surface area contributed by atoms with Crippen molar-refractivity contribution in [3.05, 3.63) is 59.4 Å². The summed E-state index contributed by atoms with van der Waals surface area (Å²) in [6.45, 7) is 2.66. The summed E-state index contributed by atoms with van der Waals surface area (Å²) >= 11 is 0. The number of aromatic amines is 1. The van der Waals surface area contributed by atoms with Crippen LogP contribution in [-0.2, 0) is 17.8 Å². The van der Waals surface area contributed by atoms with E-state index in [1.807, 2.05) is 18.5 Å². The highest BCUT2D eigenvalue weighted by molar-refractivity contribution is 5.76. The van der Waals surface area contributed by atoms with Crippen LogP contribution in [-0.4, -0.2) is 10.9 Å². The first-order valence-electron chi connectivity index (χ1n) is 6.18. The van der Waals surface area contributed by atoms with Gasteiger partial charge < -0.3 is 10.3 Å². The summed E-state index contributed by atoms with van der Waals surface area (Å²) in [6, 6.07) is 10.3. The normalized spacial score (nSPS) is 10.3. The Morgan fingerprint density at radius 3 is 2.61 bits per heavy atom. The number of rotatable bonds is 5. The van der Waals surface area contributed by atoms with E-state index in [2.05, 4.69) is 41.5 Å². The van der Waals surface area contributed by atoms with Crippen LogP contribution in [0.1, 0.15) is 23.1 Å². The third kappa shape index (κ3) is 3.77. The Balaban J connectivity index is 1.73. The third-order valence-electron chi connectivity index (χ3n) is 2.91. The van der Waals surface area contributed by atoms with E-state index in [4.69, 9.17) is 0 Å². The summed E-state index contributed by atoms with van der Waals surface area (Å²) in [6.07, 6.45) is 5.07. The van der Waals surface area contributed by atoms with E-state index in [-0.39, 0.29) is 5.91 Å². The Kier molecular flexibility index (Phi) is 4.18. The molecule has 0 unspecified atom stereocenters. The molecule has 0 atom stereocenters. The average molecular weight is 242 g/mol. The SMILES string of the molecule is Cc1ccc(CCC(=O)NCc2cc[nH]c2)cc1. The van der Waals surface area contributed by atoms with Crippen LogP contribution in [0.5, 0.6) is 0 Å². The van der Waals surface area contributed by atoms with E-state index in [1.54, 1.807) is 0 Å². The molecule has 1 aromatic carbocycles. The molecule has 3 heteroatoms. The lowest BCUT2D eigenvalue weighted by Gasteiger charge is -2.04. The van der Waals surface area contributed by atoms with Crippen LogP contribution in [0.25, 0.3) is 0 Å². The Bertz CT molecular complexity index is 486. The van der Waals surface area contributed by atoms with Crippen molar-refractivity contribution in [2.45, 2.75) is 26.3 Å². The fourth-order valence-corrected chi connectivity index (χ4v) is 1.77. The summed E-state index contributed by atoms with van der Waals surface area (Å²) in [4.78, 5) is 14.6. The van der Waals surface area contributed by atoms with E-state index >= 15 is 0 Å². The highest BCUT2D eigenvalue weighted by atomic mass is 16.1. The first-order valence-corrected chi connectivity index (χ1v) is 6.18. The topological polar surface area (TPSA) is 44.9 Å². The number of carbonyl (C=O) groups excluding carboxylic acids is 1. The zero-order chi connectivity index (χ0) is 12.8. The Labute approximate surface area is 107 Å². The molecule has 0 spiro atoms. The minimum Gasteiger partial charge on any atom is -0.367 e. The van der Waals surface area contributed by atoms with Crippen LogP contribution in [0.15, 0.2) is 42.7 Å². The highest BCUT2D eigenvalue weighted by Gasteiger charge is 2.02. The van der Waals surface area contributed by atoms with E-state index in [0.29, 0.717) is 13.0 Å². The minimum absolute atomic E-state index is 0.0942. The number of amides is 1. The molecule has 94 valence electrons. The second-order valence-corrected chi connectivity index (χ2v) is 4.48. The number of H-pyrrole nitrogens is 1. The fourth-order valence-electron chi connectivity index (χ4n) is 1.77. The van der Waals surface area contributed by atoms with Gasteiger partial charge in [-0.15, -0.1) is 0 Å². The van der Waals surface area contributed by atoms with Crippen LogP contribution >= 0.6 is 0 Å². The van der Waals surface area contributed by atoms with E-state index in [0.717, 1.165) is 12.0 Å². The molecule has 0 saturated carbocycles. The minimum atomic E-state index is 0.0942. The first kappa shape index (κ1) is 12.4. The van der Waals surface area contributed by atoms with Crippen LogP contribution in [0.3, 0.4) is 0 Å². The molecule has 1 aromatic heterocycles. The molecule has 2 aromatic rings. The molecular weight excluding hydrogens is 224 g/mol. The highest BCUT2D eigenvalue weighted by Crippen LogP contribution is 2.05. The maximum atomic E-state index is 11.7. The maximum absolute atomic E-state index is 11.7. The monoisotopic (exact) mass is 242 g/mol. The molecule has 3 nitrogen and oxygen atoms in total. The van der Waals surface area contributed by atoms with Gasteiger partial charge in [-0.1, -0.05) is 29.8 Å². The molecule has 0 radical (unpaired) electrons. The standard InChI is InChI=1S/C15H18N2O/c1-12-2-4-13(5-3-12)6-7-15(18)17-11-14-8-9-16-10-14/h2-5,8-10,16H,6-7,11H2,1H3,(H,17,18). The first-order chi connectivity index (χ1) is 8.74. The van der Waals surface area contributed by atoms with E-state index in [9.17, 15) is 4.79 Å². The van der Waals surface area contributed by atoms with Crippen LogP contribution in [0.4, 0.5) is 0 Å². The summed E-state index contributed by atoms with van der Waals surface area (Å²) in [5.74, 6) is 0.0942. The predicted octanol–water partition coefficient (Wildman–Crippen LogP) is 2.57. The van der Waals surface area contributed by atoms with Gasteiger partial charge in [0.15, 0.2) is 0 Å². The molecular formula is C15H18N2O. The van der Waals surface area contributed by atoms with Gasteiger partial charge in [0.25, 0.3) is 0 Å². The number of hydrogen-bond donors (Lipinski definition) is 2. The van der Waals surface area contributed by atoms with Crippen LogP contribution in [0.2, 0.25) is 0 Å². The molecule has 1 amide bonds. The molecule has 2 N–H and O–H groups in total. The molecule has 0 aliphatic rings. The lowest BCUT2D eigenvalue weighted by molar-refractivity contribution is -0.121. The Morgan fingerprint density at radius 1 is 1.17 bits per heavy atom. The zero-order valence-electron chi connectivity index (χ0n) is 10.6. The number of aromatic nitrogens is 1. The molecule has 0 saturated heterocycles. The summed E-state index contributed by atoms with van der Waals surface area (Å²) in [5.41, 5.74) is 3.55. The van der Waals surface area contributed by atoms with Gasteiger partial charge in [-0.3, -0.25) is 4.79 Å². The molecule has 0 fully saturated rings. The Hall–Kier alpha value is -2.03. The van der Waals surface area contributed by atoms with Crippen molar-refractivity contribution in [1.29, 1.82) is 0 Å². The molecule has 0 aliphatic carbocycles. The lowest BCUT2D eigenvalue weighted by Crippen LogP contribution is -2.22. The van der Waals surface area contributed by atoms with Gasteiger partial charge in [0, 0.05) is 25.4 Å². The fraction of sp³-hybridized carbons (Fsp3) is 0.267. The van der Waals surface area contributed by atoms with Crippen molar-refractivity contribution < 1.29 is 4.79 Å². The zero-order valence-corrected chi connectivity index (χ0v) is 10.6. The van der Waals surface area contributed by atoms with Crippen LogP contribution < -0.4 is 5.32 Å². The van der Waals surface area contributed by atoms with Gasteiger partial charge in [-0.2, -0.15) is 0 Å². The van der Waals surface area contributed by atoms with Gasteiger partial charge in [-0.25, -0.2) is 0 Å². The van der Waals surface area contributed by atoms with Crippen molar-refractivity contribution in [2.24, 2.45) is 0 Å². The second kappa shape index (κ2) is 6.05. The molecule has 0 aliphatic heterocycles. The Morgan fingerprint density at radius 2 is 1.94 bits per heavy atom. The predicted molar refractivity (Wildman–Crippen MR) is 72.1 cm³/mol.